The summed E-state index contributed by atoms with van der Waals surface area (Å²) in [5.74, 6) is -0.0603. The van der Waals surface area contributed by atoms with Gasteiger partial charge < -0.3 is 14.4 Å². The molecule has 0 amide bonds. The molecule has 0 aliphatic carbocycles. The van der Waals surface area contributed by atoms with Gasteiger partial charge in [0.15, 0.2) is 0 Å². The van der Waals surface area contributed by atoms with Gasteiger partial charge in [-0.2, -0.15) is 0 Å². The van der Waals surface area contributed by atoms with Crippen LogP contribution in [0.5, 0.6) is 5.75 Å². The van der Waals surface area contributed by atoms with E-state index in [1.54, 1.807) is 24.8 Å². The van der Waals surface area contributed by atoms with Crippen molar-refractivity contribution in [3.05, 3.63) is 58.2 Å². The van der Waals surface area contributed by atoms with E-state index in [4.69, 9.17) is 16.3 Å². The molecule has 0 spiro atoms. The molecule has 0 saturated carbocycles. The van der Waals surface area contributed by atoms with Crippen LogP contribution in [0.2, 0.25) is 5.02 Å². The van der Waals surface area contributed by atoms with Crippen LogP contribution >= 0.6 is 39.3 Å². The number of carbonyl (C=O) groups excluding carboxylic acids is 1. The molecule has 1 aliphatic rings. The number of benzene rings is 2. The summed E-state index contributed by atoms with van der Waals surface area (Å²) in [7, 11) is 0. The highest BCUT2D eigenvalue weighted by molar-refractivity contribution is 9.09. The number of alkyl halides is 1. The van der Waals surface area contributed by atoms with Crippen LogP contribution in [0.15, 0.2) is 41.3 Å². The van der Waals surface area contributed by atoms with Crippen molar-refractivity contribution in [1.29, 1.82) is 0 Å². The fourth-order valence-electron chi connectivity index (χ4n) is 3.65. The van der Waals surface area contributed by atoms with Crippen LogP contribution in [-0.4, -0.2) is 32.8 Å². The number of thioether (sulfide) groups is 1. The zero-order chi connectivity index (χ0) is 19.8. The van der Waals surface area contributed by atoms with E-state index in [0.29, 0.717) is 23.9 Å². The molecular formula is C21H19BrClNO3S. The van der Waals surface area contributed by atoms with Crippen molar-refractivity contribution in [2.24, 2.45) is 0 Å². The summed E-state index contributed by atoms with van der Waals surface area (Å²) in [6.45, 7) is 2.64. The number of phenols is 1. The maximum Gasteiger partial charge on any atom is 0.356 e. The van der Waals surface area contributed by atoms with Crippen LogP contribution in [0.1, 0.15) is 28.5 Å². The second-order valence-electron chi connectivity index (χ2n) is 6.67. The van der Waals surface area contributed by atoms with Gasteiger partial charge in [-0.15, -0.1) is 11.8 Å². The van der Waals surface area contributed by atoms with E-state index < -0.39 is 0 Å². The summed E-state index contributed by atoms with van der Waals surface area (Å²) in [6.07, 6.45) is 0.749. The highest BCUT2D eigenvalue weighted by Gasteiger charge is 2.32. The summed E-state index contributed by atoms with van der Waals surface area (Å²) in [5, 5.41) is 13.1. The van der Waals surface area contributed by atoms with Crippen molar-refractivity contribution >= 4 is 56.2 Å². The Morgan fingerprint density at radius 1 is 1.32 bits per heavy atom. The molecule has 0 radical (unpaired) electrons. The van der Waals surface area contributed by atoms with E-state index in [1.807, 2.05) is 34.9 Å². The van der Waals surface area contributed by atoms with Gasteiger partial charge in [0.25, 0.3) is 0 Å². The third kappa shape index (κ3) is 3.42. The largest absolute Gasteiger partial charge is 0.508 e. The Morgan fingerprint density at radius 3 is 2.75 bits per heavy atom. The second kappa shape index (κ2) is 8.01. The second-order valence-corrected chi connectivity index (χ2v) is 9.06. The van der Waals surface area contributed by atoms with Crippen LogP contribution in [0, 0.1) is 0 Å². The summed E-state index contributed by atoms with van der Waals surface area (Å²) in [4.78, 5) is 13.8. The van der Waals surface area contributed by atoms with E-state index >= 15 is 0 Å². The van der Waals surface area contributed by atoms with Gasteiger partial charge >= 0.3 is 5.97 Å². The van der Waals surface area contributed by atoms with Gasteiger partial charge in [-0.05, 0) is 43.2 Å². The van der Waals surface area contributed by atoms with Crippen molar-refractivity contribution in [2.45, 2.75) is 30.0 Å². The van der Waals surface area contributed by atoms with Crippen molar-refractivity contribution in [1.82, 2.24) is 4.57 Å². The molecule has 146 valence electrons. The smallest absolute Gasteiger partial charge is 0.356 e. The first kappa shape index (κ1) is 19.7. The Balaban J connectivity index is 1.95. The number of esters is 1. The quantitative estimate of drug-likeness (QED) is 0.379. The van der Waals surface area contributed by atoms with E-state index in [-0.39, 0.29) is 17.0 Å². The van der Waals surface area contributed by atoms with Crippen LogP contribution in [0.4, 0.5) is 0 Å². The number of nitrogens with zero attached hydrogens (tertiary/aromatic N) is 1. The van der Waals surface area contributed by atoms with Crippen molar-refractivity contribution < 1.29 is 14.6 Å². The fraction of sp³-hybridized carbons (Fsp3) is 0.286. The highest BCUT2D eigenvalue weighted by Crippen LogP contribution is 2.47. The molecule has 28 heavy (non-hydrogen) atoms. The lowest BCUT2D eigenvalue weighted by atomic mass is 10.0. The van der Waals surface area contributed by atoms with Gasteiger partial charge in [0.1, 0.15) is 11.4 Å². The van der Waals surface area contributed by atoms with Crippen LogP contribution in [0.3, 0.4) is 0 Å². The number of hydrogen-bond donors (Lipinski definition) is 1. The molecule has 0 bridgehead atoms. The number of phenolic OH excluding ortho intramolecular Hbond substituents is 1. The lowest BCUT2D eigenvalue weighted by Crippen LogP contribution is -2.16. The molecule has 0 saturated heterocycles. The van der Waals surface area contributed by atoms with Crippen molar-refractivity contribution in [3.8, 4) is 5.75 Å². The van der Waals surface area contributed by atoms with Gasteiger partial charge in [0, 0.05) is 38.0 Å². The predicted octanol–water partition coefficient (Wildman–Crippen LogP) is 5.64. The normalized spacial score (nSPS) is 15.8. The predicted molar refractivity (Wildman–Crippen MR) is 117 cm³/mol. The zero-order valence-electron chi connectivity index (χ0n) is 15.2. The van der Waals surface area contributed by atoms with Gasteiger partial charge in [-0.25, -0.2) is 4.79 Å². The molecule has 1 unspecified atom stereocenters. The van der Waals surface area contributed by atoms with Gasteiger partial charge in [-0.3, -0.25) is 0 Å². The van der Waals surface area contributed by atoms with E-state index in [2.05, 4.69) is 15.9 Å². The van der Waals surface area contributed by atoms with Crippen LogP contribution in [0.25, 0.3) is 10.9 Å². The van der Waals surface area contributed by atoms with E-state index in [9.17, 15) is 9.90 Å². The Morgan fingerprint density at radius 2 is 2.07 bits per heavy atom. The van der Waals surface area contributed by atoms with Gasteiger partial charge in [0.2, 0.25) is 0 Å². The minimum absolute atomic E-state index is 0.239. The monoisotopic (exact) mass is 479 g/mol. The molecular weight excluding hydrogens is 462 g/mol. The van der Waals surface area contributed by atoms with E-state index in [1.165, 1.54) is 0 Å². The number of halogens is 2. The molecule has 0 fully saturated rings. The van der Waals surface area contributed by atoms with E-state index in [0.717, 1.165) is 38.7 Å². The summed E-state index contributed by atoms with van der Waals surface area (Å²) >= 11 is 11.3. The fourth-order valence-corrected chi connectivity index (χ4v) is 5.70. The molecule has 2 heterocycles. The Hall–Kier alpha value is -1.63. The molecule has 3 aromatic rings. The number of aromatic hydroxyl groups is 1. The molecule has 4 nitrogen and oxygen atoms in total. The highest BCUT2D eigenvalue weighted by atomic mass is 79.9. The minimum Gasteiger partial charge on any atom is -0.508 e. The maximum absolute atomic E-state index is 12.9. The molecule has 7 heteroatoms. The summed E-state index contributed by atoms with van der Waals surface area (Å²) in [6, 6.07) is 11.2. The number of carbonyl (C=O) groups is 1. The molecule has 2 aromatic carbocycles. The SMILES string of the molecule is CCOC(=O)c1c2c3c(c(O)ccc3n1Cc1ccc(Cl)cc1)CC(CBr)S2. The Bertz CT molecular complexity index is 1050. The maximum atomic E-state index is 12.9. The molecule has 1 aliphatic heterocycles. The Labute approximate surface area is 181 Å². The average molecular weight is 481 g/mol. The van der Waals surface area contributed by atoms with Crippen molar-refractivity contribution in [2.75, 3.05) is 11.9 Å². The zero-order valence-corrected chi connectivity index (χ0v) is 18.4. The van der Waals surface area contributed by atoms with Crippen LogP contribution < -0.4 is 0 Å². The summed E-state index contributed by atoms with van der Waals surface area (Å²) in [5.41, 5.74) is 3.42. The first-order chi connectivity index (χ1) is 13.5. The van der Waals surface area contributed by atoms with Gasteiger partial charge in [0.05, 0.1) is 12.1 Å². The first-order valence-electron chi connectivity index (χ1n) is 9.04. The van der Waals surface area contributed by atoms with Gasteiger partial charge in [-0.1, -0.05) is 39.7 Å². The number of hydrogen-bond acceptors (Lipinski definition) is 4. The number of ether oxygens (including phenoxy) is 1. The minimum atomic E-state index is -0.337. The number of aromatic nitrogens is 1. The van der Waals surface area contributed by atoms with Crippen LogP contribution in [-0.2, 0) is 17.7 Å². The standard InChI is InChI=1S/C21H19BrClNO3S/c1-2-27-21(26)19-20-18-15(9-14(10-22)28-20)17(25)8-7-16(18)24(19)11-12-3-5-13(23)6-4-12/h3-8,14,25H,2,9-11H2,1H3. The lowest BCUT2D eigenvalue weighted by molar-refractivity contribution is 0.0510. The molecule has 1 aromatic heterocycles. The third-order valence-electron chi connectivity index (χ3n) is 4.88. The topological polar surface area (TPSA) is 51.5 Å². The number of rotatable bonds is 5. The molecule has 4 rings (SSSR count). The molecule has 1 atom stereocenters. The summed E-state index contributed by atoms with van der Waals surface area (Å²) < 4.78 is 7.39. The average Bonchev–Trinajstić information content (AvgIpc) is 3.00. The first-order valence-corrected chi connectivity index (χ1v) is 11.4. The lowest BCUT2D eigenvalue weighted by Gasteiger charge is -2.21. The van der Waals surface area contributed by atoms with Crippen molar-refractivity contribution in [3.63, 3.8) is 0 Å². The Kier molecular flexibility index (Phi) is 5.63. The molecule has 1 N–H and O–H groups in total. The third-order valence-corrected chi connectivity index (χ3v) is 7.64.